The van der Waals surface area contributed by atoms with Gasteiger partial charge in [0.2, 0.25) is 5.89 Å². The second-order valence-electron chi connectivity index (χ2n) is 5.58. The number of aromatic nitrogens is 2. The summed E-state index contributed by atoms with van der Waals surface area (Å²) in [5.41, 5.74) is 2.79. The van der Waals surface area contributed by atoms with Gasteiger partial charge in [-0.1, -0.05) is 29.8 Å². The Morgan fingerprint density at radius 1 is 1.15 bits per heavy atom. The molecule has 132 valence electrons. The molecule has 26 heavy (non-hydrogen) atoms. The summed E-state index contributed by atoms with van der Waals surface area (Å²) < 4.78 is 15.7. The third-order valence-electron chi connectivity index (χ3n) is 3.60. The first-order valence-corrected chi connectivity index (χ1v) is 8.02. The first-order chi connectivity index (χ1) is 12.6. The Hall–Kier alpha value is -3.41. The molecule has 0 radical (unpaired) electrons. The Kier molecular flexibility index (Phi) is 5.43. The monoisotopic (exact) mass is 350 g/mol. The van der Waals surface area contributed by atoms with Crippen molar-refractivity contribution in [1.29, 1.82) is 0 Å². The SMILES string of the molecule is COc1ccc(/C=C/C(=O)OCc2nnc(-c3cccc(C)c3)o2)cc1. The number of benzene rings is 2. The van der Waals surface area contributed by atoms with Gasteiger partial charge in [0.25, 0.3) is 5.89 Å². The minimum Gasteiger partial charge on any atom is -0.497 e. The molecule has 0 unspecified atom stereocenters. The minimum absolute atomic E-state index is 0.0788. The van der Waals surface area contributed by atoms with Crippen molar-refractivity contribution in [2.75, 3.05) is 7.11 Å². The second kappa shape index (κ2) is 8.11. The molecule has 1 aromatic heterocycles. The highest BCUT2D eigenvalue weighted by molar-refractivity contribution is 5.87. The lowest BCUT2D eigenvalue weighted by molar-refractivity contribution is -0.139. The first-order valence-electron chi connectivity index (χ1n) is 8.02. The van der Waals surface area contributed by atoms with Crippen LogP contribution < -0.4 is 4.74 Å². The topological polar surface area (TPSA) is 74.5 Å². The lowest BCUT2D eigenvalue weighted by Gasteiger charge is -1.99. The van der Waals surface area contributed by atoms with Crippen LogP contribution in [0.3, 0.4) is 0 Å². The number of carbonyl (C=O) groups excluding carboxylic acids is 1. The molecule has 0 aliphatic carbocycles. The zero-order chi connectivity index (χ0) is 18.4. The molecule has 2 aromatic carbocycles. The molecule has 0 aliphatic rings. The molecule has 0 aliphatic heterocycles. The molecule has 0 bridgehead atoms. The molecule has 3 rings (SSSR count). The van der Waals surface area contributed by atoms with Crippen LogP contribution in [0.4, 0.5) is 0 Å². The van der Waals surface area contributed by atoms with Gasteiger partial charge in [0.1, 0.15) is 5.75 Å². The summed E-state index contributed by atoms with van der Waals surface area (Å²) in [5.74, 6) is 0.905. The van der Waals surface area contributed by atoms with E-state index in [4.69, 9.17) is 13.9 Å². The largest absolute Gasteiger partial charge is 0.497 e. The van der Waals surface area contributed by atoms with Gasteiger partial charge in [-0.3, -0.25) is 0 Å². The fourth-order valence-electron chi connectivity index (χ4n) is 2.27. The Bertz CT molecular complexity index is 914. The molecule has 6 nitrogen and oxygen atoms in total. The van der Waals surface area contributed by atoms with Gasteiger partial charge in [0, 0.05) is 11.6 Å². The Labute approximate surface area is 151 Å². The maximum Gasteiger partial charge on any atom is 0.331 e. The van der Waals surface area contributed by atoms with Crippen LogP contribution in [0, 0.1) is 6.92 Å². The summed E-state index contributed by atoms with van der Waals surface area (Å²) in [6, 6.07) is 15.0. The van der Waals surface area contributed by atoms with Crippen molar-refractivity contribution in [3.63, 3.8) is 0 Å². The fraction of sp³-hybridized carbons (Fsp3) is 0.150. The van der Waals surface area contributed by atoms with Crippen LogP contribution >= 0.6 is 0 Å². The number of methoxy groups -OCH3 is 1. The lowest BCUT2D eigenvalue weighted by Crippen LogP contribution is -2.00. The van der Waals surface area contributed by atoms with Crippen molar-refractivity contribution < 1.29 is 18.7 Å². The fourth-order valence-corrected chi connectivity index (χ4v) is 2.27. The minimum atomic E-state index is -0.490. The van der Waals surface area contributed by atoms with Gasteiger partial charge >= 0.3 is 5.97 Å². The summed E-state index contributed by atoms with van der Waals surface area (Å²) in [5, 5.41) is 7.88. The zero-order valence-electron chi connectivity index (χ0n) is 14.5. The molecular weight excluding hydrogens is 332 g/mol. The van der Waals surface area contributed by atoms with Gasteiger partial charge in [-0.15, -0.1) is 10.2 Å². The molecule has 0 saturated carbocycles. The third kappa shape index (κ3) is 4.57. The molecule has 3 aromatic rings. The summed E-state index contributed by atoms with van der Waals surface area (Å²) in [6.07, 6.45) is 3.01. The van der Waals surface area contributed by atoms with E-state index in [-0.39, 0.29) is 12.5 Å². The van der Waals surface area contributed by atoms with E-state index in [1.54, 1.807) is 13.2 Å². The van der Waals surface area contributed by atoms with Gasteiger partial charge in [0.05, 0.1) is 7.11 Å². The van der Waals surface area contributed by atoms with Crippen LogP contribution in [0.25, 0.3) is 17.5 Å². The highest BCUT2D eigenvalue weighted by atomic mass is 16.5. The highest BCUT2D eigenvalue weighted by Crippen LogP contribution is 2.19. The van der Waals surface area contributed by atoms with E-state index in [2.05, 4.69) is 10.2 Å². The molecule has 6 heteroatoms. The van der Waals surface area contributed by atoms with Gasteiger partial charge in [-0.2, -0.15) is 0 Å². The first kappa shape index (κ1) is 17.4. The zero-order valence-corrected chi connectivity index (χ0v) is 14.5. The number of hydrogen-bond acceptors (Lipinski definition) is 6. The predicted molar refractivity (Wildman–Crippen MR) is 96.3 cm³/mol. The number of hydrogen-bond donors (Lipinski definition) is 0. The number of esters is 1. The Morgan fingerprint density at radius 3 is 2.69 bits per heavy atom. The molecular formula is C20H18N2O4. The normalized spacial score (nSPS) is 10.8. The quantitative estimate of drug-likeness (QED) is 0.497. The summed E-state index contributed by atoms with van der Waals surface area (Å²) in [6.45, 7) is 1.91. The van der Waals surface area contributed by atoms with Gasteiger partial charge in [-0.25, -0.2) is 4.79 Å². The van der Waals surface area contributed by atoms with Gasteiger partial charge in [-0.05, 0) is 42.8 Å². The van der Waals surface area contributed by atoms with Crippen molar-refractivity contribution in [3.8, 4) is 17.2 Å². The van der Waals surface area contributed by atoms with Crippen LogP contribution in [0.1, 0.15) is 17.0 Å². The van der Waals surface area contributed by atoms with Gasteiger partial charge < -0.3 is 13.9 Å². The Morgan fingerprint density at radius 2 is 1.96 bits per heavy atom. The van der Waals surface area contributed by atoms with Crippen LogP contribution in [0.2, 0.25) is 0 Å². The number of nitrogens with zero attached hydrogens (tertiary/aromatic N) is 2. The summed E-state index contributed by atoms with van der Waals surface area (Å²) in [7, 11) is 1.60. The Balaban J connectivity index is 1.55. The van der Waals surface area contributed by atoms with Crippen molar-refractivity contribution in [3.05, 3.63) is 71.6 Å². The third-order valence-corrected chi connectivity index (χ3v) is 3.60. The molecule has 1 heterocycles. The van der Waals surface area contributed by atoms with E-state index < -0.39 is 5.97 Å². The van der Waals surface area contributed by atoms with Crippen molar-refractivity contribution >= 4 is 12.0 Å². The van der Waals surface area contributed by atoms with Crippen molar-refractivity contribution in [2.24, 2.45) is 0 Å². The van der Waals surface area contributed by atoms with Crippen LogP contribution in [-0.2, 0) is 16.1 Å². The van der Waals surface area contributed by atoms with Gasteiger partial charge in [0.15, 0.2) is 6.61 Å². The average Bonchev–Trinajstić information content (AvgIpc) is 3.14. The summed E-state index contributed by atoms with van der Waals surface area (Å²) >= 11 is 0. The second-order valence-corrected chi connectivity index (χ2v) is 5.58. The molecule has 0 atom stereocenters. The molecule has 0 N–H and O–H groups in total. The van der Waals surface area contributed by atoms with E-state index in [9.17, 15) is 4.79 Å². The smallest absolute Gasteiger partial charge is 0.331 e. The maximum absolute atomic E-state index is 11.8. The maximum atomic E-state index is 11.8. The van der Waals surface area contributed by atoms with Crippen molar-refractivity contribution in [2.45, 2.75) is 13.5 Å². The average molecular weight is 350 g/mol. The highest BCUT2D eigenvalue weighted by Gasteiger charge is 2.10. The molecule has 0 fully saturated rings. The lowest BCUT2D eigenvalue weighted by atomic mass is 10.1. The van der Waals surface area contributed by atoms with Crippen LogP contribution in [-0.4, -0.2) is 23.3 Å². The number of aryl methyl sites for hydroxylation is 1. The van der Waals surface area contributed by atoms with Crippen LogP contribution in [0.5, 0.6) is 5.75 Å². The van der Waals surface area contributed by atoms with E-state index in [1.807, 2.05) is 55.5 Å². The number of rotatable bonds is 6. The molecule has 0 spiro atoms. The van der Waals surface area contributed by atoms with Crippen molar-refractivity contribution in [1.82, 2.24) is 10.2 Å². The van der Waals surface area contributed by atoms with E-state index >= 15 is 0 Å². The van der Waals surface area contributed by atoms with E-state index in [1.165, 1.54) is 6.08 Å². The predicted octanol–water partition coefficient (Wildman–Crippen LogP) is 3.81. The molecule has 0 amide bonds. The summed E-state index contributed by atoms with van der Waals surface area (Å²) in [4.78, 5) is 11.8. The standard InChI is InChI=1S/C20H18N2O4/c1-14-4-3-5-16(12-14)20-22-21-18(26-20)13-25-19(23)11-8-15-6-9-17(24-2)10-7-15/h3-12H,13H2,1-2H3/b11-8+. The number of ether oxygens (including phenoxy) is 2. The van der Waals surface area contributed by atoms with E-state index in [0.717, 1.165) is 22.4 Å². The number of carbonyl (C=O) groups is 1. The van der Waals surface area contributed by atoms with E-state index in [0.29, 0.717) is 5.89 Å². The molecule has 0 saturated heterocycles. The van der Waals surface area contributed by atoms with Crippen LogP contribution in [0.15, 0.2) is 59.0 Å².